The summed E-state index contributed by atoms with van der Waals surface area (Å²) in [6.45, 7) is 0. The number of benzene rings is 1. The first-order chi connectivity index (χ1) is 11.5. The molecule has 0 spiro atoms. The van der Waals surface area contributed by atoms with E-state index in [1.165, 1.54) is 0 Å². The van der Waals surface area contributed by atoms with Crippen molar-refractivity contribution in [3.8, 4) is 0 Å². The zero-order valence-electron chi connectivity index (χ0n) is 12.6. The van der Waals surface area contributed by atoms with Crippen molar-refractivity contribution >= 4 is 46.7 Å². The molecule has 0 bridgehead atoms. The van der Waals surface area contributed by atoms with Crippen molar-refractivity contribution < 1.29 is 4.79 Å². The fourth-order valence-electron chi connectivity index (χ4n) is 2.64. The van der Waals surface area contributed by atoms with Gasteiger partial charge in [0.2, 0.25) is 0 Å². The molecule has 1 aliphatic carbocycles. The lowest BCUT2D eigenvalue weighted by Crippen LogP contribution is -2.29. The Kier molecular flexibility index (Phi) is 4.60. The van der Waals surface area contributed by atoms with Gasteiger partial charge in [0.25, 0.3) is 0 Å². The second kappa shape index (κ2) is 6.67. The van der Waals surface area contributed by atoms with E-state index in [2.05, 4.69) is 10.3 Å². The van der Waals surface area contributed by atoms with Crippen molar-refractivity contribution in [1.29, 1.82) is 0 Å². The van der Waals surface area contributed by atoms with Gasteiger partial charge in [0.05, 0.1) is 11.6 Å². The third-order valence-electron chi connectivity index (χ3n) is 3.89. The van der Waals surface area contributed by atoms with Crippen molar-refractivity contribution in [2.75, 3.05) is 11.1 Å². The first kappa shape index (κ1) is 16.6. The largest absolute Gasteiger partial charge is 0.396 e. The molecule has 2 atom stereocenters. The van der Waals surface area contributed by atoms with Crippen LogP contribution >= 0.6 is 23.2 Å². The Hall–Kier alpha value is -2.30. The number of nitrogens with one attached hydrogen (secondary N) is 1. The molecule has 1 aliphatic rings. The van der Waals surface area contributed by atoms with Crippen LogP contribution in [0.2, 0.25) is 5.02 Å². The summed E-state index contributed by atoms with van der Waals surface area (Å²) >= 11 is 13.0. The van der Waals surface area contributed by atoms with Gasteiger partial charge in [-0.1, -0.05) is 35.9 Å². The second-order valence-corrected chi connectivity index (χ2v) is 6.49. The predicted octanol–water partition coefficient (Wildman–Crippen LogP) is 4.44. The van der Waals surface area contributed by atoms with E-state index in [1.807, 2.05) is 6.08 Å². The lowest BCUT2D eigenvalue weighted by atomic mass is 9.82. The van der Waals surface area contributed by atoms with E-state index < -0.39 is 10.8 Å². The molecule has 4 nitrogen and oxygen atoms in total. The van der Waals surface area contributed by atoms with Crippen LogP contribution in [0.4, 0.5) is 17.2 Å². The van der Waals surface area contributed by atoms with Crippen molar-refractivity contribution in [3.05, 3.63) is 71.4 Å². The first-order valence-electron chi connectivity index (χ1n) is 7.32. The Balaban J connectivity index is 2.09. The molecule has 0 aliphatic heterocycles. The van der Waals surface area contributed by atoms with Gasteiger partial charge in [0, 0.05) is 22.5 Å². The van der Waals surface area contributed by atoms with Gasteiger partial charge in [0.15, 0.2) is 5.82 Å². The SMILES string of the molecule is Nc1cccnc1Nc1ccc(Cl)cc1C1(Cl)C=CC=CC1C=O. The predicted molar refractivity (Wildman–Crippen MR) is 98.7 cm³/mol. The zero-order chi connectivity index (χ0) is 17.2. The number of nitrogen functional groups attached to an aromatic ring is 1. The summed E-state index contributed by atoms with van der Waals surface area (Å²) in [5.74, 6) is 0.00332. The Labute approximate surface area is 150 Å². The quantitative estimate of drug-likeness (QED) is 0.625. The number of carbonyl (C=O) groups excluding carboxylic acids is 1. The number of carbonyl (C=O) groups is 1. The standard InChI is InChI=1S/C18H15Cl2N3O/c19-13-6-7-16(23-17-15(21)5-3-9-22-17)14(10-13)18(20)8-2-1-4-12(18)11-24/h1-12H,21H2,(H,22,23). The van der Waals surface area contributed by atoms with Crippen LogP contribution < -0.4 is 11.1 Å². The number of anilines is 3. The van der Waals surface area contributed by atoms with E-state index >= 15 is 0 Å². The summed E-state index contributed by atoms with van der Waals surface area (Å²) in [5, 5.41) is 3.71. The summed E-state index contributed by atoms with van der Waals surface area (Å²) in [7, 11) is 0. The number of hydrogen-bond donors (Lipinski definition) is 2. The molecular weight excluding hydrogens is 345 g/mol. The van der Waals surface area contributed by atoms with Crippen LogP contribution in [0, 0.1) is 5.92 Å². The van der Waals surface area contributed by atoms with Crippen LogP contribution in [0.15, 0.2) is 60.8 Å². The molecule has 1 aromatic heterocycles. The summed E-state index contributed by atoms with van der Waals surface area (Å²) in [6.07, 6.45) is 9.63. The lowest BCUT2D eigenvalue weighted by molar-refractivity contribution is -0.110. The van der Waals surface area contributed by atoms with E-state index in [1.54, 1.807) is 54.8 Å². The zero-order valence-corrected chi connectivity index (χ0v) is 14.1. The van der Waals surface area contributed by atoms with Gasteiger partial charge in [-0.05, 0) is 30.3 Å². The van der Waals surface area contributed by atoms with Crippen molar-refractivity contribution in [2.45, 2.75) is 4.87 Å². The summed E-state index contributed by atoms with van der Waals surface area (Å²) in [5.41, 5.74) is 7.82. The third kappa shape index (κ3) is 3.03. The molecular formula is C18H15Cl2N3O. The average Bonchev–Trinajstić information content (AvgIpc) is 2.58. The van der Waals surface area contributed by atoms with Gasteiger partial charge >= 0.3 is 0 Å². The monoisotopic (exact) mass is 359 g/mol. The molecule has 3 rings (SSSR count). The molecule has 0 saturated heterocycles. The number of halogens is 2. The van der Waals surface area contributed by atoms with Crippen LogP contribution in [-0.2, 0) is 9.67 Å². The second-order valence-electron chi connectivity index (χ2n) is 5.43. The highest BCUT2D eigenvalue weighted by Gasteiger charge is 2.38. The normalized spacial score (nSPS) is 22.3. The maximum absolute atomic E-state index is 11.5. The smallest absolute Gasteiger partial charge is 0.153 e. The van der Waals surface area contributed by atoms with Crippen LogP contribution in [0.25, 0.3) is 0 Å². The molecule has 24 heavy (non-hydrogen) atoms. The minimum atomic E-state index is -1.03. The maximum Gasteiger partial charge on any atom is 0.153 e. The molecule has 6 heteroatoms. The number of pyridine rings is 1. The van der Waals surface area contributed by atoms with Crippen LogP contribution in [-0.4, -0.2) is 11.3 Å². The van der Waals surface area contributed by atoms with Crippen LogP contribution in [0.3, 0.4) is 0 Å². The summed E-state index contributed by atoms with van der Waals surface area (Å²) < 4.78 is 0. The molecule has 3 N–H and O–H groups in total. The molecule has 2 aromatic rings. The Morgan fingerprint density at radius 2 is 2.12 bits per heavy atom. The van der Waals surface area contributed by atoms with Gasteiger partial charge in [-0.15, -0.1) is 11.6 Å². The molecule has 0 amide bonds. The van der Waals surface area contributed by atoms with Crippen molar-refractivity contribution in [1.82, 2.24) is 4.98 Å². The van der Waals surface area contributed by atoms with Gasteiger partial charge in [0.1, 0.15) is 11.2 Å². The van der Waals surface area contributed by atoms with Crippen LogP contribution in [0.1, 0.15) is 5.56 Å². The highest BCUT2D eigenvalue weighted by atomic mass is 35.5. The van der Waals surface area contributed by atoms with Crippen LogP contribution in [0.5, 0.6) is 0 Å². The number of aldehydes is 1. The number of hydrogen-bond acceptors (Lipinski definition) is 4. The molecule has 122 valence electrons. The number of nitrogens with zero attached hydrogens (tertiary/aromatic N) is 1. The van der Waals surface area contributed by atoms with E-state index in [-0.39, 0.29) is 0 Å². The molecule has 1 aromatic carbocycles. The minimum Gasteiger partial charge on any atom is -0.396 e. The Morgan fingerprint density at radius 1 is 1.29 bits per heavy atom. The van der Waals surface area contributed by atoms with Gasteiger partial charge in [-0.2, -0.15) is 0 Å². The molecule has 1 heterocycles. The lowest BCUT2D eigenvalue weighted by Gasteiger charge is -2.32. The minimum absolute atomic E-state index is 0.507. The Bertz CT molecular complexity index is 835. The van der Waals surface area contributed by atoms with Crippen molar-refractivity contribution in [2.24, 2.45) is 5.92 Å². The third-order valence-corrected chi connectivity index (χ3v) is 4.70. The molecule has 0 fully saturated rings. The number of nitrogens with two attached hydrogens (primary N) is 1. The summed E-state index contributed by atoms with van der Waals surface area (Å²) in [6, 6.07) is 8.79. The average molecular weight is 360 g/mol. The van der Waals surface area contributed by atoms with Crippen molar-refractivity contribution in [3.63, 3.8) is 0 Å². The van der Waals surface area contributed by atoms with Gasteiger partial charge in [-0.25, -0.2) is 4.98 Å². The number of alkyl halides is 1. The van der Waals surface area contributed by atoms with E-state index in [0.29, 0.717) is 27.8 Å². The number of allylic oxidation sites excluding steroid dienone is 4. The topological polar surface area (TPSA) is 68.0 Å². The van der Waals surface area contributed by atoms with E-state index in [0.717, 1.165) is 6.29 Å². The van der Waals surface area contributed by atoms with E-state index in [4.69, 9.17) is 28.9 Å². The first-order valence-corrected chi connectivity index (χ1v) is 8.08. The van der Waals surface area contributed by atoms with Gasteiger partial charge in [-0.3, -0.25) is 0 Å². The fraction of sp³-hybridized carbons (Fsp3) is 0.111. The molecule has 2 unspecified atom stereocenters. The maximum atomic E-state index is 11.5. The van der Waals surface area contributed by atoms with E-state index in [9.17, 15) is 4.79 Å². The highest BCUT2D eigenvalue weighted by Crippen LogP contribution is 2.45. The van der Waals surface area contributed by atoms with Gasteiger partial charge < -0.3 is 15.8 Å². The number of rotatable bonds is 4. The number of aromatic nitrogens is 1. The molecule has 0 saturated carbocycles. The molecule has 0 radical (unpaired) electrons. The fourth-order valence-corrected chi connectivity index (χ4v) is 3.16. The summed E-state index contributed by atoms with van der Waals surface area (Å²) in [4.78, 5) is 14.7. The highest BCUT2D eigenvalue weighted by molar-refractivity contribution is 6.31. The Morgan fingerprint density at radius 3 is 2.88 bits per heavy atom.